The first-order valence-electron chi connectivity index (χ1n) is 4.94. The van der Waals surface area contributed by atoms with Crippen molar-refractivity contribution in [2.45, 2.75) is 18.9 Å². The number of methoxy groups -OCH3 is 1. The minimum Gasteiger partial charge on any atom is -0.394 e. The summed E-state index contributed by atoms with van der Waals surface area (Å²) in [6.07, 6.45) is 0.283. The Morgan fingerprint density at radius 1 is 1.31 bits per heavy atom. The first kappa shape index (κ1) is 15.8. The van der Waals surface area contributed by atoms with Crippen molar-refractivity contribution in [3.8, 4) is 0 Å². The van der Waals surface area contributed by atoms with Crippen LogP contribution in [0.3, 0.4) is 0 Å². The molecule has 16 heavy (non-hydrogen) atoms. The van der Waals surface area contributed by atoms with Crippen molar-refractivity contribution in [1.29, 1.82) is 0 Å². The number of ether oxygens (including phenoxy) is 1. The predicted molar refractivity (Wildman–Crippen MR) is 59.1 cm³/mol. The molecule has 0 heterocycles. The van der Waals surface area contributed by atoms with E-state index in [1.54, 1.807) is 6.92 Å². The Morgan fingerprint density at radius 3 is 2.25 bits per heavy atom. The second-order valence-corrected chi connectivity index (χ2v) is 4.94. The van der Waals surface area contributed by atoms with E-state index in [4.69, 9.17) is 14.9 Å². The molecule has 0 saturated carbocycles. The third-order valence-electron chi connectivity index (χ3n) is 2.23. The van der Waals surface area contributed by atoms with Crippen molar-refractivity contribution in [3.63, 3.8) is 0 Å². The van der Waals surface area contributed by atoms with Crippen LogP contribution >= 0.6 is 0 Å². The summed E-state index contributed by atoms with van der Waals surface area (Å²) < 4.78 is 32.1. The van der Waals surface area contributed by atoms with Crippen LogP contribution in [-0.2, 0) is 14.9 Å². The van der Waals surface area contributed by atoms with E-state index in [-0.39, 0.29) is 19.6 Å². The summed E-state index contributed by atoms with van der Waals surface area (Å²) in [4.78, 5) is 0. The lowest BCUT2D eigenvalue weighted by Crippen LogP contribution is -2.56. The van der Waals surface area contributed by atoms with E-state index in [1.165, 1.54) is 7.11 Å². The summed E-state index contributed by atoms with van der Waals surface area (Å²) in [7, 11) is -2.29. The van der Waals surface area contributed by atoms with Gasteiger partial charge in [-0.25, -0.2) is 0 Å². The number of hydrogen-bond donors (Lipinski definition) is 4. The second-order valence-electron chi connectivity index (χ2n) is 3.44. The lowest BCUT2D eigenvalue weighted by Gasteiger charge is -2.29. The van der Waals surface area contributed by atoms with Crippen LogP contribution in [0.5, 0.6) is 0 Å². The van der Waals surface area contributed by atoms with E-state index in [1.807, 2.05) is 0 Å². The lowest BCUT2D eigenvalue weighted by atomic mass is 10.0. The predicted octanol–water partition coefficient (Wildman–Crippen LogP) is -1.81. The van der Waals surface area contributed by atoms with Gasteiger partial charge in [-0.2, -0.15) is 17.9 Å². The van der Waals surface area contributed by atoms with Crippen molar-refractivity contribution in [2.75, 3.05) is 33.5 Å². The monoisotopic (exact) mass is 256 g/mol. The number of nitrogens with one attached hydrogen (secondary N) is 2. The van der Waals surface area contributed by atoms with Gasteiger partial charge < -0.3 is 14.9 Å². The summed E-state index contributed by atoms with van der Waals surface area (Å²) in [6, 6.07) is 0. The van der Waals surface area contributed by atoms with Crippen LogP contribution in [0.4, 0.5) is 0 Å². The van der Waals surface area contributed by atoms with Crippen LogP contribution in [0, 0.1) is 0 Å². The minimum absolute atomic E-state index is 0.127. The molecule has 98 valence electrons. The molecule has 0 atom stereocenters. The van der Waals surface area contributed by atoms with Gasteiger partial charge in [-0.05, 0) is 6.42 Å². The molecule has 0 bridgehead atoms. The smallest absolute Gasteiger partial charge is 0.277 e. The van der Waals surface area contributed by atoms with E-state index >= 15 is 0 Å². The van der Waals surface area contributed by atoms with Gasteiger partial charge in [0.25, 0.3) is 10.2 Å². The summed E-state index contributed by atoms with van der Waals surface area (Å²) in [5.41, 5.74) is -1.22. The fraction of sp³-hybridized carbons (Fsp3) is 1.00. The SMILES string of the molecule is CCC(CO)(CO)NS(=O)(=O)NCCOC. The summed E-state index contributed by atoms with van der Waals surface area (Å²) in [5, 5.41) is 18.1. The number of aliphatic hydroxyl groups is 2. The van der Waals surface area contributed by atoms with E-state index in [9.17, 15) is 8.42 Å². The summed E-state index contributed by atoms with van der Waals surface area (Å²) in [6.45, 7) is 1.11. The zero-order valence-electron chi connectivity index (χ0n) is 9.56. The van der Waals surface area contributed by atoms with Crippen molar-refractivity contribution in [1.82, 2.24) is 9.44 Å². The maximum Gasteiger partial charge on any atom is 0.277 e. The molecule has 0 aromatic heterocycles. The number of hydrogen-bond acceptors (Lipinski definition) is 5. The molecule has 7 nitrogen and oxygen atoms in total. The first-order chi connectivity index (χ1) is 7.45. The van der Waals surface area contributed by atoms with E-state index in [0.717, 1.165) is 0 Å². The average molecular weight is 256 g/mol. The van der Waals surface area contributed by atoms with Crippen molar-refractivity contribution in [3.05, 3.63) is 0 Å². The average Bonchev–Trinajstić information content (AvgIpc) is 2.26. The minimum atomic E-state index is -3.75. The van der Waals surface area contributed by atoms with Crippen LogP contribution in [0.25, 0.3) is 0 Å². The normalized spacial score (nSPS) is 13.0. The van der Waals surface area contributed by atoms with E-state index in [2.05, 4.69) is 9.44 Å². The fourth-order valence-electron chi connectivity index (χ4n) is 1.01. The van der Waals surface area contributed by atoms with Gasteiger partial charge in [0.05, 0.1) is 25.4 Å². The standard InChI is InChI=1S/C8H20N2O5S/c1-3-8(6-11,7-12)10-16(13,14)9-4-5-15-2/h9-12H,3-7H2,1-2H3. The molecule has 4 N–H and O–H groups in total. The summed E-state index contributed by atoms with van der Waals surface area (Å²) >= 11 is 0. The molecule has 0 rings (SSSR count). The van der Waals surface area contributed by atoms with Crippen LogP contribution in [0.1, 0.15) is 13.3 Å². The molecule has 0 saturated heterocycles. The zero-order valence-corrected chi connectivity index (χ0v) is 10.4. The Bertz CT molecular complexity index is 268. The van der Waals surface area contributed by atoms with Gasteiger partial charge in [-0.15, -0.1) is 0 Å². The van der Waals surface area contributed by atoms with Crippen molar-refractivity contribution in [2.24, 2.45) is 0 Å². The highest BCUT2D eigenvalue weighted by Crippen LogP contribution is 2.09. The van der Waals surface area contributed by atoms with Crippen LogP contribution in [0.15, 0.2) is 0 Å². The second kappa shape index (κ2) is 7.15. The van der Waals surface area contributed by atoms with Gasteiger partial charge in [-0.3, -0.25) is 0 Å². The van der Waals surface area contributed by atoms with Gasteiger partial charge in [0.2, 0.25) is 0 Å². The lowest BCUT2D eigenvalue weighted by molar-refractivity contribution is 0.105. The van der Waals surface area contributed by atoms with Gasteiger partial charge in [0.1, 0.15) is 0 Å². The molecule has 0 aliphatic carbocycles. The zero-order chi connectivity index (χ0) is 12.7. The van der Waals surface area contributed by atoms with E-state index in [0.29, 0.717) is 0 Å². The molecule has 0 fully saturated rings. The topological polar surface area (TPSA) is 108 Å². The van der Waals surface area contributed by atoms with Crippen molar-refractivity contribution < 1.29 is 23.4 Å². The molecule has 0 unspecified atom stereocenters. The molecule has 0 aliphatic rings. The molecule has 0 spiro atoms. The Balaban J connectivity index is 4.42. The Labute approximate surface area is 96.0 Å². The highest BCUT2D eigenvalue weighted by atomic mass is 32.2. The largest absolute Gasteiger partial charge is 0.394 e. The molecule has 0 aromatic carbocycles. The first-order valence-corrected chi connectivity index (χ1v) is 6.43. The van der Waals surface area contributed by atoms with Gasteiger partial charge >= 0.3 is 0 Å². The third kappa shape index (κ3) is 5.19. The third-order valence-corrected chi connectivity index (χ3v) is 3.52. The van der Waals surface area contributed by atoms with Crippen LogP contribution < -0.4 is 9.44 Å². The van der Waals surface area contributed by atoms with Gasteiger partial charge in [0.15, 0.2) is 0 Å². The molecule has 0 amide bonds. The highest BCUT2D eigenvalue weighted by molar-refractivity contribution is 7.87. The molecule has 0 radical (unpaired) electrons. The van der Waals surface area contributed by atoms with Crippen LogP contribution in [0.2, 0.25) is 0 Å². The van der Waals surface area contributed by atoms with E-state index < -0.39 is 29.0 Å². The van der Waals surface area contributed by atoms with Crippen LogP contribution in [-0.4, -0.2) is 57.6 Å². The van der Waals surface area contributed by atoms with Gasteiger partial charge in [-0.1, -0.05) is 6.92 Å². The molecular weight excluding hydrogens is 236 g/mol. The highest BCUT2D eigenvalue weighted by Gasteiger charge is 2.31. The quantitative estimate of drug-likeness (QED) is 0.364. The fourth-order valence-corrected chi connectivity index (χ4v) is 2.28. The maximum absolute atomic E-state index is 11.5. The molecule has 8 heteroatoms. The Hall–Kier alpha value is -0.250. The molecule has 0 aromatic rings. The number of aliphatic hydroxyl groups excluding tert-OH is 2. The molecule has 0 aliphatic heterocycles. The maximum atomic E-state index is 11.5. The molecular formula is C8H20N2O5S. The van der Waals surface area contributed by atoms with Crippen molar-refractivity contribution >= 4 is 10.2 Å². The number of rotatable bonds is 9. The Morgan fingerprint density at radius 2 is 1.88 bits per heavy atom. The Kier molecular flexibility index (Phi) is 7.04. The van der Waals surface area contributed by atoms with Gasteiger partial charge in [0, 0.05) is 13.7 Å². The summed E-state index contributed by atoms with van der Waals surface area (Å²) in [5.74, 6) is 0.